The van der Waals surface area contributed by atoms with Crippen LogP contribution in [0, 0.1) is 5.82 Å². The molecule has 0 saturated carbocycles. The van der Waals surface area contributed by atoms with Crippen molar-refractivity contribution in [1.82, 2.24) is 14.7 Å². The molecule has 1 heterocycles. The van der Waals surface area contributed by atoms with Crippen LogP contribution in [-0.2, 0) is 4.79 Å². The molecule has 0 bridgehead atoms. The molecule has 1 fully saturated rings. The molecule has 2 rings (SSSR count). The third kappa shape index (κ3) is 4.45. The Bertz CT molecular complexity index is 599. The van der Waals surface area contributed by atoms with Gasteiger partial charge in [0.05, 0.1) is 12.1 Å². The largest absolute Gasteiger partial charge is 0.342 e. The fourth-order valence-corrected chi connectivity index (χ4v) is 2.98. The number of amides is 2. The van der Waals surface area contributed by atoms with Gasteiger partial charge in [-0.05, 0) is 32.0 Å². The zero-order valence-corrected chi connectivity index (χ0v) is 14.9. The van der Waals surface area contributed by atoms with Gasteiger partial charge in [-0.1, -0.05) is 11.6 Å². The van der Waals surface area contributed by atoms with Crippen molar-refractivity contribution in [2.24, 2.45) is 0 Å². The second-order valence-electron chi connectivity index (χ2n) is 5.76. The summed E-state index contributed by atoms with van der Waals surface area (Å²) in [5.41, 5.74) is -0.00447. The van der Waals surface area contributed by atoms with Crippen molar-refractivity contribution in [3.05, 3.63) is 34.6 Å². The standard InChI is InChI=1S/C17H23ClFN3O2/c1-3-21(4-2)16(23)12-20-7-9-22(10-8-20)17(24)14-11-13(18)5-6-15(14)19/h5-6,11H,3-4,7-10,12H2,1-2H3. The second kappa shape index (κ2) is 8.44. The van der Waals surface area contributed by atoms with E-state index >= 15 is 0 Å². The van der Waals surface area contributed by atoms with E-state index in [1.165, 1.54) is 18.2 Å². The van der Waals surface area contributed by atoms with Gasteiger partial charge in [0.25, 0.3) is 5.91 Å². The van der Waals surface area contributed by atoms with Crippen molar-refractivity contribution in [2.45, 2.75) is 13.8 Å². The van der Waals surface area contributed by atoms with Crippen molar-refractivity contribution in [2.75, 3.05) is 45.8 Å². The first-order chi connectivity index (χ1) is 11.5. The van der Waals surface area contributed by atoms with E-state index in [1.807, 2.05) is 18.7 Å². The van der Waals surface area contributed by atoms with Gasteiger partial charge in [0.15, 0.2) is 0 Å². The maximum atomic E-state index is 13.8. The molecule has 1 aromatic rings. The third-order valence-electron chi connectivity index (χ3n) is 4.29. The minimum absolute atomic E-state index is 0.00447. The Morgan fingerprint density at radius 1 is 1.17 bits per heavy atom. The fourth-order valence-electron chi connectivity index (χ4n) is 2.81. The van der Waals surface area contributed by atoms with E-state index in [0.717, 1.165) is 0 Å². The Labute approximate surface area is 147 Å². The van der Waals surface area contributed by atoms with Crippen LogP contribution in [0.1, 0.15) is 24.2 Å². The smallest absolute Gasteiger partial charge is 0.256 e. The quantitative estimate of drug-likeness (QED) is 0.812. The number of nitrogens with zero attached hydrogens (tertiary/aromatic N) is 3. The third-order valence-corrected chi connectivity index (χ3v) is 4.53. The molecule has 1 saturated heterocycles. The van der Waals surface area contributed by atoms with Crippen molar-refractivity contribution in [3.63, 3.8) is 0 Å². The van der Waals surface area contributed by atoms with Crippen LogP contribution < -0.4 is 0 Å². The first kappa shape index (κ1) is 18.7. The molecule has 5 nitrogen and oxygen atoms in total. The van der Waals surface area contributed by atoms with Gasteiger partial charge in [-0.3, -0.25) is 14.5 Å². The highest BCUT2D eigenvalue weighted by atomic mass is 35.5. The summed E-state index contributed by atoms with van der Waals surface area (Å²) in [4.78, 5) is 30.0. The van der Waals surface area contributed by atoms with Crippen LogP contribution in [0.2, 0.25) is 5.02 Å². The van der Waals surface area contributed by atoms with E-state index in [4.69, 9.17) is 11.6 Å². The van der Waals surface area contributed by atoms with Crippen LogP contribution in [-0.4, -0.2) is 72.3 Å². The highest BCUT2D eigenvalue weighted by molar-refractivity contribution is 6.31. The summed E-state index contributed by atoms with van der Waals surface area (Å²) in [6, 6.07) is 3.98. The SMILES string of the molecule is CCN(CC)C(=O)CN1CCN(C(=O)c2cc(Cl)ccc2F)CC1. The highest BCUT2D eigenvalue weighted by Crippen LogP contribution is 2.17. The van der Waals surface area contributed by atoms with E-state index in [1.54, 1.807) is 9.80 Å². The van der Waals surface area contributed by atoms with E-state index in [9.17, 15) is 14.0 Å². The molecule has 0 N–H and O–H groups in total. The molecule has 0 unspecified atom stereocenters. The molecular weight excluding hydrogens is 333 g/mol. The van der Waals surface area contributed by atoms with E-state index in [-0.39, 0.29) is 17.4 Å². The Morgan fingerprint density at radius 3 is 2.38 bits per heavy atom. The number of rotatable bonds is 5. The first-order valence-electron chi connectivity index (χ1n) is 8.20. The van der Waals surface area contributed by atoms with Gasteiger partial charge in [0.2, 0.25) is 5.91 Å². The molecule has 0 spiro atoms. The van der Waals surface area contributed by atoms with Crippen LogP contribution in [0.4, 0.5) is 4.39 Å². The van der Waals surface area contributed by atoms with Crippen molar-refractivity contribution in [3.8, 4) is 0 Å². The predicted octanol–water partition coefficient (Wildman–Crippen LogP) is 2.11. The van der Waals surface area contributed by atoms with Gasteiger partial charge in [-0.15, -0.1) is 0 Å². The van der Waals surface area contributed by atoms with Crippen molar-refractivity contribution in [1.29, 1.82) is 0 Å². The summed E-state index contributed by atoms with van der Waals surface area (Å²) in [5.74, 6) is -0.825. The lowest BCUT2D eigenvalue weighted by Gasteiger charge is -2.35. The lowest BCUT2D eigenvalue weighted by molar-refractivity contribution is -0.132. The van der Waals surface area contributed by atoms with Crippen molar-refractivity contribution < 1.29 is 14.0 Å². The van der Waals surface area contributed by atoms with Crippen LogP contribution in [0.5, 0.6) is 0 Å². The van der Waals surface area contributed by atoms with Crippen LogP contribution >= 0.6 is 11.6 Å². The lowest BCUT2D eigenvalue weighted by Crippen LogP contribution is -2.51. The number of piperazine rings is 1. The highest BCUT2D eigenvalue weighted by Gasteiger charge is 2.25. The molecule has 1 aromatic carbocycles. The number of hydrogen-bond acceptors (Lipinski definition) is 3. The average Bonchev–Trinajstić information content (AvgIpc) is 2.58. The maximum Gasteiger partial charge on any atom is 0.256 e. The summed E-state index contributed by atoms with van der Waals surface area (Å²) in [6.45, 7) is 7.79. The van der Waals surface area contributed by atoms with Gasteiger partial charge >= 0.3 is 0 Å². The molecule has 1 aliphatic rings. The fraction of sp³-hybridized carbons (Fsp3) is 0.529. The molecule has 24 heavy (non-hydrogen) atoms. The van der Waals surface area contributed by atoms with Gasteiger partial charge in [-0.25, -0.2) is 4.39 Å². The van der Waals surface area contributed by atoms with E-state index in [2.05, 4.69) is 0 Å². The molecule has 132 valence electrons. The molecule has 0 radical (unpaired) electrons. The number of benzene rings is 1. The van der Waals surface area contributed by atoms with Crippen LogP contribution in [0.15, 0.2) is 18.2 Å². The van der Waals surface area contributed by atoms with E-state index < -0.39 is 5.82 Å². The molecule has 0 atom stereocenters. The van der Waals surface area contributed by atoms with Crippen LogP contribution in [0.25, 0.3) is 0 Å². The first-order valence-corrected chi connectivity index (χ1v) is 8.58. The minimum atomic E-state index is -0.566. The number of hydrogen-bond donors (Lipinski definition) is 0. The Morgan fingerprint density at radius 2 is 1.79 bits per heavy atom. The zero-order chi connectivity index (χ0) is 17.7. The summed E-state index contributed by atoms with van der Waals surface area (Å²) < 4.78 is 13.8. The topological polar surface area (TPSA) is 43.9 Å². The number of carbonyl (C=O) groups excluding carboxylic acids is 2. The summed E-state index contributed by atoms with van der Waals surface area (Å²) >= 11 is 5.85. The molecule has 2 amide bonds. The lowest BCUT2D eigenvalue weighted by atomic mass is 10.1. The number of likely N-dealkylation sites (N-methyl/N-ethyl adjacent to an activating group) is 1. The summed E-state index contributed by atoms with van der Waals surface area (Å²) in [5, 5.41) is 0.336. The Balaban J connectivity index is 1.91. The van der Waals surface area contributed by atoms with E-state index in [0.29, 0.717) is 50.8 Å². The zero-order valence-electron chi connectivity index (χ0n) is 14.1. The predicted molar refractivity (Wildman–Crippen MR) is 91.7 cm³/mol. The molecule has 0 aromatic heterocycles. The van der Waals surface area contributed by atoms with Gasteiger partial charge in [0.1, 0.15) is 5.82 Å². The van der Waals surface area contributed by atoms with Gasteiger partial charge < -0.3 is 9.80 Å². The average molecular weight is 356 g/mol. The Hall–Kier alpha value is -1.66. The maximum absolute atomic E-state index is 13.8. The summed E-state index contributed by atoms with van der Waals surface area (Å²) in [6.07, 6.45) is 0. The monoisotopic (exact) mass is 355 g/mol. The van der Waals surface area contributed by atoms with Crippen LogP contribution in [0.3, 0.4) is 0 Å². The molecule has 7 heteroatoms. The normalized spacial score (nSPS) is 15.4. The Kier molecular flexibility index (Phi) is 6.57. The summed E-state index contributed by atoms with van der Waals surface area (Å²) in [7, 11) is 0. The second-order valence-corrected chi connectivity index (χ2v) is 6.19. The molecular formula is C17H23ClFN3O2. The number of carbonyl (C=O) groups is 2. The molecule has 1 aliphatic heterocycles. The van der Waals surface area contributed by atoms with Gasteiger partial charge in [0, 0.05) is 44.3 Å². The van der Waals surface area contributed by atoms with Gasteiger partial charge in [-0.2, -0.15) is 0 Å². The number of halogens is 2. The molecule has 0 aliphatic carbocycles. The van der Waals surface area contributed by atoms with Crippen molar-refractivity contribution >= 4 is 23.4 Å². The minimum Gasteiger partial charge on any atom is -0.342 e.